The first kappa shape index (κ1) is 18.2. The fourth-order valence-corrected chi connectivity index (χ4v) is 2.89. The van der Waals surface area contributed by atoms with Gasteiger partial charge in [-0.05, 0) is 48.6 Å². The van der Waals surface area contributed by atoms with Crippen LogP contribution in [0.25, 0.3) is 0 Å². The Kier molecular flexibility index (Phi) is 8.63. The second-order valence-electron chi connectivity index (χ2n) is 6.17. The van der Waals surface area contributed by atoms with Crippen LogP contribution in [0.15, 0.2) is 24.3 Å². The van der Waals surface area contributed by atoms with Gasteiger partial charge in [-0.3, -0.25) is 5.32 Å². The zero-order valence-corrected chi connectivity index (χ0v) is 14.2. The van der Waals surface area contributed by atoms with Crippen molar-refractivity contribution in [3.05, 3.63) is 35.4 Å². The maximum atomic E-state index is 9.64. The SMILES string of the molecule is CCCCc1ccc(C(CC)C(C)CNC(O)CC)cc1. The van der Waals surface area contributed by atoms with E-state index >= 15 is 0 Å². The van der Waals surface area contributed by atoms with Gasteiger partial charge in [0.15, 0.2) is 0 Å². The van der Waals surface area contributed by atoms with Crippen LogP contribution in [0.3, 0.4) is 0 Å². The molecule has 0 aliphatic rings. The van der Waals surface area contributed by atoms with Gasteiger partial charge in [0.1, 0.15) is 6.23 Å². The molecule has 3 unspecified atom stereocenters. The van der Waals surface area contributed by atoms with Gasteiger partial charge < -0.3 is 5.11 Å². The van der Waals surface area contributed by atoms with E-state index in [9.17, 15) is 5.11 Å². The third kappa shape index (κ3) is 6.19. The van der Waals surface area contributed by atoms with Gasteiger partial charge in [0, 0.05) is 6.54 Å². The zero-order chi connectivity index (χ0) is 15.7. The van der Waals surface area contributed by atoms with Crippen molar-refractivity contribution >= 4 is 0 Å². The van der Waals surface area contributed by atoms with Crippen LogP contribution in [0.4, 0.5) is 0 Å². The Morgan fingerprint density at radius 3 is 2.24 bits per heavy atom. The second kappa shape index (κ2) is 9.97. The van der Waals surface area contributed by atoms with Crippen LogP contribution < -0.4 is 5.32 Å². The predicted molar refractivity (Wildman–Crippen MR) is 91.6 cm³/mol. The Labute approximate surface area is 131 Å². The number of aliphatic hydroxyl groups is 1. The molecule has 0 bridgehead atoms. The number of hydrogen-bond donors (Lipinski definition) is 2. The molecule has 3 atom stereocenters. The molecule has 21 heavy (non-hydrogen) atoms. The molecule has 120 valence electrons. The van der Waals surface area contributed by atoms with Crippen molar-refractivity contribution in [1.82, 2.24) is 5.32 Å². The van der Waals surface area contributed by atoms with Crippen molar-refractivity contribution in [3.8, 4) is 0 Å². The van der Waals surface area contributed by atoms with E-state index in [4.69, 9.17) is 0 Å². The van der Waals surface area contributed by atoms with Crippen LogP contribution in [0.5, 0.6) is 0 Å². The standard InChI is InChI=1S/C19H33NO/c1-5-8-9-16-10-12-17(13-11-16)18(6-2)15(4)14-20-19(21)7-3/h10-13,15,18-21H,5-9,14H2,1-4H3. The minimum absolute atomic E-state index is 0.374. The molecule has 2 N–H and O–H groups in total. The third-order valence-corrected chi connectivity index (χ3v) is 4.42. The molecule has 2 nitrogen and oxygen atoms in total. The first-order valence-corrected chi connectivity index (χ1v) is 8.62. The molecule has 0 saturated carbocycles. The summed E-state index contributed by atoms with van der Waals surface area (Å²) in [4.78, 5) is 0. The normalized spacial score (nSPS) is 15.7. The highest BCUT2D eigenvalue weighted by Crippen LogP contribution is 2.28. The molecule has 0 aliphatic carbocycles. The smallest absolute Gasteiger partial charge is 0.104 e. The summed E-state index contributed by atoms with van der Waals surface area (Å²) >= 11 is 0. The Morgan fingerprint density at radius 1 is 1.05 bits per heavy atom. The van der Waals surface area contributed by atoms with Crippen molar-refractivity contribution in [3.63, 3.8) is 0 Å². The molecule has 0 aliphatic heterocycles. The Balaban J connectivity index is 2.61. The second-order valence-corrected chi connectivity index (χ2v) is 6.17. The van der Waals surface area contributed by atoms with Gasteiger partial charge in [0.05, 0.1) is 0 Å². The average molecular weight is 291 g/mol. The number of hydrogen-bond acceptors (Lipinski definition) is 2. The minimum atomic E-state index is -0.374. The van der Waals surface area contributed by atoms with Gasteiger partial charge in [-0.2, -0.15) is 0 Å². The fraction of sp³-hybridized carbons (Fsp3) is 0.684. The molecule has 0 heterocycles. The quantitative estimate of drug-likeness (QED) is 0.623. The van der Waals surface area contributed by atoms with E-state index in [2.05, 4.69) is 50.4 Å². The lowest BCUT2D eigenvalue weighted by atomic mass is 9.84. The molecule has 0 amide bonds. The molecular formula is C19H33NO. The minimum Gasteiger partial charge on any atom is -0.379 e. The van der Waals surface area contributed by atoms with Crippen LogP contribution in [0, 0.1) is 5.92 Å². The number of nitrogens with one attached hydrogen (secondary N) is 1. The van der Waals surface area contributed by atoms with E-state index in [0.29, 0.717) is 11.8 Å². The van der Waals surface area contributed by atoms with Gasteiger partial charge in [0.2, 0.25) is 0 Å². The lowest BCUT2D eigenvalue weighted by molar-refractivity contribution is 0.126. The molecular weight excluding hydrogens is 258 g/mol. The number of benzene rings is 1. The van der Waals surface area contributed by atoms with Gasteiger partial charge in [-0.15, -0.1) is 0 Å². The molecule has 0 saturated heterocycles. The van der Waals surface area contributed by atoms with Gasteiger partial charge in [-0.25, -0.2) is 0 Å². The van der Waals surface area contributed by atoms with Crippen molar-refractivity contribution < 1.29 is 5.11 Å². The van der Waals surface area contributed by atoms with Crippen LogP contribution in [-0.2, 0) is 6.42 Å². The molecule has 1 aromatic carbocycles. The van der Waals surface area contributed by atoms with Gasteiger partial charge in [-0.1, -0.05) is 58.4 Å². The van der Waals surface area contributed by atoms with Crippen molar-refractivity contribution in [2.24, 2.45) is 5.92 Å². The highest BCUT2D eigenvalue weighted by atomic mass is 16.3. The van der Waals surface area contributed by atoms with Gasteiger partial charge >= 0.3 is 0 Å². The molecule has 0 fully saturated rings. The zero-order valence-electron chi connectivity index (χ0n) is 14.2. The summed E-state index contributed by atoms with van der Waals surface area (Å²) in [7, 11) is 0. The molecule has 2 heteroatoms. The van der Waals surface area contributed by atoms with E-state index in [1.807, 2.05) is 6.92 Å². The Morgan fingerprint density at radius 2 is 1.71 bits per heavy atom. The van der Waals surface area contributed by atoms with E-state index in [1.54, 1.807) is 0 Å². The fourth-order valence-electron chi connectivity index (χ4n) is 2.89. The summed E-state index contributed by atoms with van der Waals surface area (Å²) in [6, 6.07) is 9.17. The van der Waals surface area contributed by atoms with Crippen LogP contribution in [0.2, 0.25) is 0 Å². The highest BCUT2D eigenvalue weighted by Gasteiger charge is 2.18. The summed E-state index contributed by atoms with van der Waals surface area (Å²) in [5.74, 6) is 1.08. The predicted octanol–water partition coefficient (Wildman–Crippen LogP) is 4.48. The largest absolute Gasteiger partial charge is 0.379 e. The summed E-state index contributed by atoms with van der Waals surface area (Å²) < 4.78 is 0. The first-order valence-electron chi connectivity index (χ1n) is 8.62. The lowest BCUT2D eigenvalue weighted by Gasteiger charge is -2.25. The van der Waals surface area contributed by atoms with Crippen LogP contribution in [0.1, 0.15) is 70.4 Å². The van der Waals surface area contributed by atoms with Crippen LogP contribution in [-0.4, -0.2) is 17.9 Å². The van der Waals surface area contributed by atoms with Crippen molar-refractivity contribution in [2.45, 2.75) is 71.9 Å². The first-order chi connectivity index (χ1) is 10.1. The number of aryl methyl sites for hydroxylation is 1. The highest BCUT2D eigenvalue weighted by molar-refractivity contribution is 5.26. The van der Waals surface area contributed by atoms with Gasteiger partial charge in [0.25, 0.3) is 0 Å². The maximum Gasteiger partial charge on any atom is 0.104 e. The number of aliphatic hydroxyl groups excluding tert-OH is 1. The van der Waals surface area contributed by atoms with E-state index in [0.717, 1.165) is 19.4 Å². The lowest BCUT2D eigenvalue weighted by Crippen LogP contribution is -2.33. The number of rotatable bonds is 10. The Bertz CT molecular complexity index is 374. The topological polar surface area (TPSA) is 32.3 Å². The monoisotopic (exact) mass is 291 g/mol. The average Bonchev–Trinajstić information content (AvgIpc) is 2.52. The van der Waals surface area contributed by atoms with Crippen LogP contribution >= 0.6 is 0 Å². The summed E-state index contributed by atoms with van der Waals surface area (Å²) in [6.45, 7) is 9.62. The molecule has 0 spiro atoms. The Hall–Kier alpha value is -0.860. The summed E-state index contributed by atoms with van der Waals surface area (Å²) in [6.07, 6.45) is 5.23. The van der Waals surface area contributed by atoms with E-state index in [1.165, 1.54) is 30.4 Å². The summed E-state index contributed by atoms with van der Waals surface area (Å²) in [5.41, 5.74) is 2.88. The molecule has 0 aromatic heterocycles. The van der Waals surface area contributed by atoms with Crippen molar-refractivity contribution in [1.29, 1.82) is 0 Å². The molecule has 1 aromatic rings. The van der Waals surface area contributed by atoms with E-state index < -0.39 is 0 Å². The number of unbranched alkanes of at least 4 members (excludes halogenated alkanes) is 1. The van der Waals surface area contributed by atoms with Crippen molar-refractivity contribution in [2.75, 3.05) is 6.54 Å². The molecule has 1 rings (SSSR count). The van der Waals surface area contributed by atoms with E-state index in [-0.39, 0.29) is 6.23 Å². The maximum absolute atomic E-state index is 9.64. The third-order valence-electron chi connectivity index (χ3n) is 4.42. The molecule has 0 radical (unpaired) electrons. The summed E-state index contributed by atoms with van der Waals surface area (Å²) in [5, 5.41) is 12.9.